The predicted molar refractivity (Wildman–Crippen MR) is 109 cm³/mol. The molecule has 4 amide bonds. The van der Waals surface area contributed by atoms with Gasteiger partial charge in [0, 0.05) is 5.56 Å². The molecule has 9 heteroatoms. The highest BCUT2D eigenvalue weighted by Crippen LogP contribution is 2.42. The molecule has 2 aliphatic rings. The lowest BCUT2D eigenvalue weighted by molar-refractivity contribution is -0.134. The van der Waals surface area contributed by atoms with Crippen LogP contribution < -0.4 is 10.6 Å². The van der Waals surface area contributed by atoms with Crippen molar-refractivity contribution in [2.75, 3.05) is 11.9 Å². The molecule has 4 rings (SSSR count). The first-order chi connectivity index (χ1) is 13.8. The van der Waals surface area contributed by atoms with E-state index in [2.05, 4.69) is 34.7 Å². The zero-order chi connectivity index (χ0) is 20.8. The van der Waals surface area contributed by atoms with Crippen LogP contribution in [0.1, 0.15) is 45.1 Å². The second-order valence-electron chi connectivity index (χ2n) is 8.04. The van der Waals surface area contributed by atoms with Gasteiger partial charge in [-0.05, 0) is 37.2 Å². The minimum atomic E-state index is -0.893. The summed E-state index contributed by atoms with van der Waals surface area (Å²) >= 11 is 1.24. The Morgan fingerprint density at radius 2 is 1.97 bits per heavy atom. The monoisotopic (exact) mass is 413 g/mol. The standard InChI is InChI=1S/C20H23N5O3S/c1-11(2)12-4-6-13(7-5-12)16-23-24-18(29-16)21-15(26)10-25-17(27)20(3,14-8-9-14)22-19(25)28/h4-7,11,14H,8-10H2,1-3H3,(H,22,28)(H,21,24,26)/t20-/m0/s1. The van der Waals surface area contributed by atoms with Crippen LogP contribution in [0.5, 0.6) is 0 Å². The molecule has 0 bridgehead atoms. The van der Waals surface area contributed by atoms with E-state index in [4.69, 9.17) is 0 Å². The van der Waals surface area contributed by atoms with Crippen molar-refractivity contribution in [3.63, 3.8) is 0 Å². The predicted octanol–water partition coefficient (Wildman–Crippen LogP) is 2.99. The Kier molecular flexibility index (Phi) is 4.85. The summed E-state index contributed by atoms with van der Waals surface area (Å²) in [7, 11) is 0. The Hall–Kier alpha value is -2.81. The Bertz CT molecular complexity index is 967. The van der Waals surface area contributed by atoms with Gasteiger partial charge < -0.3 is 5.32 Å². The van der Waals surface area contributed by atoms with Crippen LogP contribution in [-0.4, -0.2) is 45.0 Å². The van der Waals surface area contributed by atoms with Gasteiger partial charge in [0.2, 0.25) is 11.0 Å². The normalized spacial score (nSPS) is 21.6. The zero-order valence-electron chi connectivity index (χ0n) is 16.6. The number of hydrogen-bond acceptors (Lipinski definition) is 6. The van der Waals surface area contributed by atoms with E-state index in [0.717, 1.165) is 23.3 Å². The Morgan fingerprint density at radius 1 is 1.28 bits per heavy atom. The van der Waals surface area contributed by atoms with Crippen LogP contribution in [0.3, 0.4) is 0 Å². The molecular formula is C20H23N5O3S. The quantitative estimate of drug-likeness (QED) is 0.709. The highest BCUT2D eigenvalue weighted by atomic mass is 32.1. The minimum absolute atomic E-state index is 0.153. The van der Waals surface area contributed by atoms with E-state index in [1.807, 2.05) is 24.3 Å². The van der Waals surface area contributed by atoms with Gasteiger partial charge in [0.1, 0.15) is 17.1 Å². The molecule has 8 nitrogen and oxygen atoms in total. The van der Waals surface area contributed by atoms with E-state index in [9.17, 15) is 14.4 Å². The molecule has 1 saturated carbocycles. The van der Waals surface area contributed by atoms with Crippen LogP contribution >= 0.6 is 11.3 Å². The number of rotatable bonds is 6. The molecule has 2 N–H and O–H groups in total. The molecule has 0 radical (unpaired) electrons. The first-order valence-corrected chi connectivity index (χ1v) is 10.5. The lowest BCUT2D eigenvalue weighted by Crippen LogP contribution is -2.46. The summed E-state index contributed by atoms with van der Waals surface area (Å²) in [6.45, 7) is 5.65. The number of amides is 4. The second kappa shape index (κ2) is 7.22. The molecule has 1 atom stereocenters. The molecule has 1 aliphatic carbocycles. The summed E-state index contributed by atoms with van der Waals surface area (Å²) in [5.41, 5.74) is 1.26. The first kappa shape index (κ1) is 19.5. The van der Waals surface area contributed by atoms with Crippen LogP contribution in [0.25, 0.3) is 10.6 Å². The molecule has 1 aromatic carbocycles. The van der Waals surface area contributed by atoms with E-state index < -0.39 is 17.5 Å². The molecule has 2 heterocycles. The van der Waals surface area contributed by atoms with Crippen LogP contribution in [0.4, 0.5) is 9.93 Å². The van der Waals surface area contributed by atoms with Crippen LogP contribution in [0.15, 0.2) is 24.3 Å². The van der Waals surface area contributed by atoms with Crippen molar-refractivity contribution in [2.45, 2.75) is 45.1 Å². The van der Waals surface area contributed by atoms with Crippen LogP contribution in [0.2, 0.25) is 0 Å². The SMILES string of the molecule is CC(C)c1ccc(-c2nnc(NC(=O)CN3C(=O)N[C@@](C)(C4CC4)C3=O)s2)cc1. The second-order valence-corrected chi connectivity index (χ2v) is 9.01. The van der Waals surface area contributed by atoms with Crippen molar-refractivity contribution in [3.05, 3.63) is 29.8 Å². The lowest BCUT2D eigenvalue weighted by Gasteiger charge is -2.20. The Labute approximate surface area is 172 Å². The van der Waals surface area contributed by atoms with E-state index in [-0.39, 0.29) is 18.4 Å². The maximum absolute atomic E-state index is 12.6. The molecule has 152 valence electrons. The largest absolute Gasteiger partial charge is 0.325 e. The third kappa shape index (κ3) is 3.74. The molecule has 1 aliphatic heterocycles. The molecule has 2 fully saturated rings. The van der Waals surface area contributed by atoms with Gasteiger partial charge in [0.25, 0.3) is 5.91 Å². The summed E-state index contributed by atoms with van der Waals surface area (Å²) in [6.07, 6.45) is 1.82. The minimum Gasteiger partial charge on any atom is -0.323 e. The van der Waals surface area contributed by atoms with E-state index in [1.54, 1.807) is 6.92 Å². The molecular weight excluding hydrogens is 390 g/mol. The highest BCUT2D eigenvalue weighted by Gasteiger charge is 2.56. The molecule has 0 spiro atoms. The third-order valence-corrected chi connectivity index (χ3v) is 6.38. The van der Waals surface area contributed by atoms with Gasteiger partial charge in [0.15, 0.2) is 0 Å². The molecule has 1 aromatic heterocycles. The fraction of sp³-hybridized carbons (Fsp3) is 0.450. The maximum Gasteiger partial charge on any atom is 0.325 e. The summed E-state index contributed by atoms with van der Waals surface area (Å²) in [5, 5.41) is 14.5. The van der Waals surface area contributed by atoms with Crippen molar-refractivity contribution >= 4 is 34.3 Å². The number of nitrogens with one attached hydrogen (secondary N) is 2. The van der Waals surface area contributed by atoms with E-state index in [1.165, 1.54) is 16.9 Å². The van der Waals surface area contributed by atoms with E-state index in [0.29, 0.717) is 16.1 Å². The number of carbonyl (C=O) groups is 3. The van der Waals surface area contributed by atoms with E-state index >= 15 is 0 Å². The number of urea groups is 1. The van der Waals surface area contributed by atoms with Gasteiger partial charge >= 0.3 is 6.03 Å². The number of hydrogen-bond donors (Lipinski definition) is 2. The molecule has 2 aromatic rings. The number of carbonyl (C=O) groups excluding carboxylic acids is 3. The number of aromatic nitrogens is 2. The van der Waals surface area contributed by atoms with Crippen molar-refractivity contribution in [2.24, 2.45) is 5.92 Å². The van der Waals surface area contributed by atoms with Crippen molar-refractivity contribution in [1.29, 1.82) is 0 Å². The third-order valence-electron chi connectivity index (χ3n) is 5.49. The van der Waals surface area contributed by atoms with Gasteiger partial charge in [0.05, 0.1) is 0 Å². The fourth-order valence-corrected chi connectivity index (χ4v) is 4.27. The molecule has 1 saturated heterocycles. The highest BCUT2D eigenvalue weighted by molar-refractivity contribution is 7.18. The van der Waals surface area contributed by atoms with Crippen LogP contribution in [0, 0.1) is 5.92 Å². The maximum atomic E-state index is 12.6. The Morgan fingerprint density at radius 3 is 2.59 bits per heavy atom. The van der Waals surface area contributed by atoms with Gasteiger partial charge in [-0.25, -0.2) is 4.79 Å². The number of benzene rings is 1. The first-order valence-electron chi connectivity index (χ1n) is 9.65. The van der Waals surface area contributed by atoms with Crippen molar-refractivity contribution in [1.82, 2.24) is 20.4 Å². The number of imide groups is 1. The zero-order valence-corrected chi connectivity index (χ0v) is 17.4. The lowest BCUT2D eigenvalue weighted by atomic mass is 9.96. The topological polar surface area (TPSA) is 104 Å². The average molecular weight is 414 g/mol. The fourth-order valence-electron chi connectivity index (χ4n) is 3.50. The smallest absolute Gasteiger partial charge is 0.323 e. The van der Waals surface area contributed by atoms with Crippen molar-refractivity contribution < 1.29 is 14.4 Å². The summed E-state index contributed by atoms with van der Waals surface area (Å²) < 4.78 is 0. The van der Waals surface area contributed by atoms with Gasteiger partial charge in [-0.15, -0.1) is 10.2 Å². The Balaban J connectivity index is 1.39. The van der Waals surface area contributed by atoms with Crippen molar-refractivity contribution in [3.8, 4) is 10.6 Å². The number of anilines is 1. The van der Waals surface area contributed by atoms with Crippen LogP contribution in [-0.2, 0) is 9.59 Å². The summed E-state index contributed by atoms with van der Waals surface area (Å²) in [5.74, 6) is -0.227. The summed E-state index contributed by atoms with van der Waals surface area (Å²) in [4.78, 5) is 38.1. The van der Waals surface area contributed by atoms with Gasteiger partial charge in [-0.3, -0.25) is 19.8 Å². The van der Waals surface area contributed by atoms with Gasteiger partial charge in [-0.2, -0.15) is 0 Å². The molecule has 29 heavy (non-hydrogen) atoms. The molecule has 0 unspecified atom stereocenters. The number of nitrogens with zero attached hydrogens (tertiary/aromatic N) is 3. The summed E-state index contributed by atoms with van der Waals surface area (Å²) in [6, 6.07) is 7.53. The average Bonchev–Trinajstić information content (AvgIpc) is 3.41. The van der Waals surface area contributed by atoms with Gasteiger partial charge in [-0.1, -0.05) is 49.4 Å².